The van der Waals surface area contributed by atoms with Gasteiger partial charge >= 0.3 is 0 Å². The molecule has 0 fully saturated rings. The summed E-state index contributed by atoms with van der Waals surface area (Å²) in [5, 5.41) is 21.9. The fraction of sp³-hybridized carbons (Fsp3) is 0.316. The molecule has 0 saturated heterocycles. The third-order valence-electron chi connectivity index (χ3n) is 4.50. The molecule has 5 heteroatoms. The third kappa shape index (κ3) is 3.30. The molecule has 1 unspecified atom stereocenters. The Morgan fingerprint density at radius 3 is 2.75 bits per heavy atom. The molecule has 3 rings (SSSR count). The Kier molecular flexibility index (Phi) is 4.34. The van der Waals surface area contributed by atoms with E-state index < -0.39 is 0 Å². The maximum absolute atomic E-state index is 12.4. The van der Waals surface area contributed by atoms with Crippen molar-refractivity contribution in [2.24, 2.45) is 5.92 Å². The molecular formula is C19H22N2O3. The van der Waals surface area contributed by atoms with Crippen molar-refractivity contribution in [3.05, 3.63) is 47.5 Å². The number of aromatic hydroxyl groups is 2. The number of phenolic OH excluding ortho intramolecular Hbond substituents is 2. The van der Waals surface area contributed by atoms with Gasteiger partial charge in [-0.3, -0.25) is 4.79 Å². The van der Waals surface area contributed by atoms with Crippen LogP contribution >= 0.6 is 0 Å². The lowest BCUT2D eigenvalue weighted by molar-refractivity contribution is -0.119. The highest BCUT2D eigenvalue weighted by Gasteiger charge is 2.18. The van der Waals surface area contributed by atoms with E-state index in [2.05, 4.69) is 17.3 Å². The Hall–Kier alpha value is -2.69. The zero-order valence-corrected chi connectivity index (χ0v) is 13.9. The van der Waals surface area contributed by atoms with Crippen molar-refractivity contribution in [1.82, 2.24) is 0 Å². The van der Waals surface area contributed by atoms with Crippen molar-refractivity contribution < 1.29 is 15.0 Å². The van der Waals surface area contributed by atoms with E-state index in [1.807, 2.05) is 25.1 Å². The highest BCUT2D eigenvalue weighted by Crippen LogP contribution is 2.30. The molecule has 2 aromatic rings. The van der Waals surface area contributed by atoms with Crippen LogP contribution in [0.4, 0.5) is 11.4 Å². The van der Waals surface area contributed by atoms with E-state index in [1.165, 1.54) is 23.4 Å². The van der Waals surface area contributed by atoms with Gasteiger partial charge < -0.3 is 20.4 Å². The van der Waals surface area contributed by atoms with Gasteiger partial charge in [0.25, 0.3) is 0 Å². The van der Waals surface area contributed by atoms with Crippen LogP contribution in [-0.2, 0) is 17.6 Å². The highest BCUT2D eigenvalue weighted by atomic mass is 16.3. The maximum atomic E-state index is 12.4. The minimum absolute atomic E-state index is 0.0612. The highest BCUT2D eigenvalue weighted by molar-refractivity contribution is 5.93. The molecule has 1 atom stereocenters. The van der Waals surface area contributed by atoms with Crippen LogP contribution in [0.2, 0.25) is 0 Å². The Balaban J connectivity index is 1.65. The van der Waals surface area contributed by atoms with Gasteiger partial charge in [0.15, 0.2) is 11.5 Å². The second kappa shape index (κ2) is 6.43. The number of amides is 1. The number of hydrogen-bond donors (Lipinski definition) is 3. The summed E-state index contributed by atoms with van der Waals surface area (Å²) in [6.45, 7) is 2.86. The summed E-state index contributed by atoms with van der Waals surface area (Å²) in [7, 11) is 2.07. The second-order valence-corrected chi connectivity index (χ2v) is 6.43. The maximum Gasteiger partial charge on any atom is 0.227 e. The van der Waals surface area contributed by atoms with Gasteiger partial charge in [-0.1, -0.05) is 13.0 Å². The molecule has 1 heterocycles. The molecule has 0 saturated carbocycles. The van der Waals surface area contributed by atoms with Gasteiger partial charge in [-0.2, -0.15) is 0 Å². The number of fused-ring (bicyclic) bond motifs is 1. The number of phenols is 2. The molecule has 1 amide bonds. The van der Waals surface area contributed by atoms with Crippen molar-refractivity contribution in [1.29, 1.82) is 0 Å². The number of nitrogens with zero attached hydrogens (tertiary/aromatic N) is 1. The molecule has 0 aromatic heterocycles. The first-order valence-electron chi connectivity index (χ1n) is 8.10. The Morgan fingerprint density at radius 2 is 2.00 bits per heavy atom. The van der Waals surface area contributed by atoms with Gasteiger partial charge in [0.1, 0.15) is 0 Å². The Labute approximate surface area is 141 Å². The van der Waals surface area contributed by atoms with Crippen LogP contribution in [0.3, 0.4) is 0 Å². The largest absolute Gasteiger partial charge is 0.504 e. The number of benzene rings is 2. The molecule has 1 aliphatic rings. The SMILES string of the molecule is CC(Cc1ccc(O)c(O)c1)C(=O)Nc1ccc2c(c1)CCN2C. The molecule has 3 N–H and O–H groups in total. The van der Waals surface area contributed by atoms with E-state index in [1.54, 1.807) is 6.07 Å². The predicted molar refractivity (Wildman–Crippen MR) is 94.7 cm³/mol. The Morgan fingerprint density at radius 1 is 1.21 bits per heavy atom. The van der Waals surface area contributed by atoms with Crippen molar-refractivity contribution in [3.63, 3.8) is 0 Å². The van der Waals surface area contributed by atoms with E-state index in [0.717, 1.165) is 24.2 Å². The third-order valence-corrected chi connectivity index (χ3v) is 4.50. The average molecular weight is 326 g/mol. The molecule has 2 aromatic carbocycles. The van der Waals surface area contributed by atoms with E-state index in [4.69, 9.17) is 0 Å². The lowest BCUT2D eigenvalue weighted by Crippen LogP contribution is -2.22. The number of carbonyl (C=O) groups is 1. The van der Waals surface area contributed by atoms with E-state index >= 15 is 0 Å². The van der Waals surface area contributed by atoms with Crippen LogP contribution in [0.25, 0.3) is 0 Å². The van der Waals surface area contributed by atoms with Crippen molar-refractivity contribution in [2.45, 2.75) is 19.8 Å². The summed E-state index contributed by atoms with van der Waals surface area (Å²) in [5.74, 6) is -0.624. The molecule has 0 aliphatic carbocycles. The molecule has 0 radical (unpaired) electrons. The van der Waals surface area contributed by atoms with Gasteiger partial charge in [0, 0.05) is 30.9 Å². The van der Waals surface area contributed by atoms with E-state index in [0.29, 0.717) is 6.42 Å². The first-order chi connectivity index (χ1) is 11.4. The minimum atomic E-state index is -0.245. The van der Waals surface area contributed by atoms with Crippen molar-refractivity contribution >= 4 is 17.3 Å². The number of nitrogens with one attached hydrogen (secondary N) is 1. The lowest BCUT2D eigenvalue weighted by atomic mass is 9.99. The first kappa shape index (κ1) is 16.2. The summed E-state index contributed by atoms with van der Waals surface area (Å²) >= 11 is 0. The number of carbonyl (C=O) groups excluding carboxylic acids is 1. The smallest absolute Gasteiger partial charge is 0.227 e. The van der Waals surface area contributed by atoms with E-state index in [9.17, 15) is 15.0 Å². The topological polar surface area (TPSA) is 72.8 Å². The van der Waals surface area contributed by atoms with Gasteiger partial charge in [0.2, 0.25) is 5.91 Å². The molecule has 126 valence electrons. The molecule has 0 spiro atoms. The Bertz CT molecular complexity index is 773. The van der Waals surface area contributed by atoms with Crippen molar-refractivity contribution in [2.75, 3.05) is 23.8 Å². The van der Waals surface area contributed by atoms with E-state index in [-0.39, 0.29) is 23.3 Å². The van der Waals surface area contributed by atoms with Crippen LogP contribution in [0.1, 0.15) is 18.1 Å². The normalized spacial score (nSPS) is 14.3. The first-order valence-corrected chi connectivity index (χ1v) is 8.10. The standard InChI is InChI=1S/C19H22N2O3/c1-12(9-13-3-6-17(22)18(23)10-13)19(24)20-15-4-5-16-14(11-15)7-8-21(16)2/h3-6,10-12,22-23H,7-9H2,1-2H3,(H,20,24). The monoisotopic (exact) mass is 326 g/mol. The number of likely N-dealkylation sites (N-methyl/N-ethyl adjacent to an activating group) is 1. The molecule has 1 aliphatic heterocycles. The summed E-state index contributed by atoms with van der Waals surface area (Å²) in [5.41, 5.74) is 4.10. The lowest BCUT2D eigenvalue weighted by Gasteiger charge is -2.15. The quantitative estimate of drug-likeness (QED) is 0.756. The van der Waals surface area contributed by atoms with Crippen molar-refractivity contribution in [3.8, 4) is 11.5 Å². The second-order valence-electron chi connectivity index (χ2n) is 6.43. The summed E-state index contributed by atoms with van der Waals surface area (Å²) < 4.78 is 0. The fourth-order valence-corrected chi connectivity index (χ4v) is 3.05. The molecular weight excluding hydrogens is 304 g/mol. The van der Waals surface area contributed by atoms with Gasteiger partial charge in [-0.05, 0) is 54.3 Å². The summed E-state index contributed by atoms with van der Waals surface area (Å²) in [6.07, 6.45) is 1.49. The fourth-order valence-electron chi connectivity index (χ4n) is 3.05. The van der Waals surface area contributed by atoms with Crippen LogP contribution < -0.4 is 10.2 Å². The van der Waals surface area contributed by atoms with Crippen LogP contribution in [0, 0.1) is 5.92 Å². The summed E-state index contributed by atoms with van der Waals surface area (Å²) in [4.78, 5) is 14.6. The van der Waals surface area contributed by atoms with Crippen LogP contribution in [0.5, 0.6) is 11.5 Å². The minimum Gasteiger partial charge on any atom is -0.504 e. The van der Waals surface area contributed by atoms with Crippen LogP contribution in [0.15, 0.2) is 36.4 Å². The predicted octanol–water partition coefficient (Wildman–Crippen LogP) is 2.91. The number of rotatable bonds is 4. The number of anilines is 2. The molecule has 5 nitrogen and oxygen atoms in total. The zero-order chi connectivity index (χ0) is 17.3. The summed E-state index contributed by atoms with van der Waals surface area (Å²) in [6, 6.07) is 10.6. The van der Waals surface area contributed by atoms with Crippen LogP contribution in [-0.4, -0.2) is 29.7 Å². The molecule has 0 bridgehead atoms. The molecule has 24 heavy (non-hydrogen) atoms. The van der Waals surface area contributed by atoms with Gasteiger partial charge in [-0.15, -0.1) is 0 Å². The average Bonchev–Trinajstić information content (AvgIpc) is 2.91. The zero-order valence-electron chi connectivity index (χ0n) is 13.9. The van der Waals surface area contributed by atoms with Gasteiger partial charge in [0.05, 0.1) is 0 Å². The van der Waals surface area contributed by atoms with Gasteiger partial charge in [-0.25, -0.2) is 0 Å². The number of hydrogen-bond acceptors (Lipinski definition) is 4.